The predicted octanol–water partition coefficient (Wildman–Crippen LogP) is 2.44. The third-order valence-corrected chi connectivity index (χ3v) is 6.94. The Morgan fingerprint density at radius 2 is 2.09 bits per heavy atom. The summed E-state index contributed by atoms with van der Waals surface area (Å²) < 4.78 is 1.61. The van der Waals surface area contributed by atoms with E-state index in [9.17, 15) is 19.2 Å². The second-order valence-electron chi connectivity index (χ2n) is 8.59. The molecule has 2 amide bonds. The highest BCUT2D eigenvalue weighted by molar-refractivity contribution is 7.22. The zero-order valence-corrected chi connectivity index (χ0v) is 20.6. The number of carbonyl (C=O) groups excluding carboxylic acids is 3. The maximum Gasteiger partial charge on any atom is 0.273 e. The van der Waals surface area contributed by atoms with Crippen LogP contribution in [0.4, 0.5) is 10.8 Å². The number of anilines is 2. The molecule has 1 atom stereocenters. The van der Waals surface area contributed by atoms with Crippen LogP contribution in [0.2, 0.25) is 0 Å². The summed E-state index contributed by atoms with van der Waals surface area (Å²) in [4.78, 5) is 60.4. The van der Waals surface area contributed by atoms with E-state index in [-0.39, 0.29) is 29.7 Å². The number of nitrogens with one attached hydrogen (secondary N) is 2. The Bertz CT molecular complexity index is 1320. The lowest BCUT2D eigenvalue weighted by atomic mass is 9.97. The molecule has 184 valence electrons. The number of Topliss-reactive ketones (excluding diaryl/α,β-unsaturated/α-hetero) is 1. The Labute approximate surface area is 206 Å². The SMILES string of the molecule is CCCNC(=O)[C@@H]1CCCN(c2nc3ncn(CC(=O)Nc4cccc(C(C)=O)c4)c(=O)c3s2)C1. The molecule has 1 aliphatic rings. The summed E-state index contributed by atoms with van der Waals surface area (Å²) in [6, 6.07) is 6.63. The van der Waals surface area contributed by atoms with Crippen LogP contribution in [0.1, 0.15) is 43.5 Å². The van der Waals surface area contributed by atoms with Crippen LogP contribution in [-0.4, -0.2) is 51.8 Å². The minimum atomic E-state index is -0.407. The summed E-state index contributed by atoms with van der Waals surface area (Å²) in [7, 11) is 0. The molecule has 0 unspecified atom stereocenters. The first kappa shape index (κ1) is 24.5. The van der Waals surface area contributed by atoms with Gasteiger partial charge in [-0.15, -0.1) is 0 Å². The first-order valence-corrected chi connectivity index (χ1v) is 12.5. The molecule has 1 aromatic carbocycles. The van der Waals surface area contributed by atoms with E-state index in [1.807, 2.05) is 11.8 Å². The van der Waals surface area contributed by atoms with Crippen LogP contribution in [0.15, 0.2) is 35.4 Å². The van der Waals surface area contributed by atoms with Gasteiger partial charge in [0.1, 0.15) is 17.6 Å². The quantitative estimate of drug-likeness (QED) is 0.459. The number of benzene rings is 1. The van der Waals surface area contributed by atoms with Gasteiger partial charge >= 0.3 is 0 Å². The van der Waals surface area contributed by atoms with E-state index < -0.39 is 5.91 Å². The monoisotopic (exact) mass is 496 g/mol. The van der Waals surface area contributed by atoms with Crippen molar-refractivity contribution in [1.82, 2.24) is 19.9 Å². The van der Waals surface area contributed by atoms with Crippen LogP contribution in [0.5, 0.6) is 0 Å². The molecular weight excluding hydrogens is 468 g/mol. The number of aromatic nitrogens is 3. The molecular formula is C24H28N6O4S. The number of amides is 2. The van der Waals surface area contributed by atoms with Gasteiger partial charge in [-0.1, -0.05) is 30.4 Å². The van der Waals surface area contributed by atoms with Crippen molar-refractivity contribution in [3.8, 4) is 0 Å². The van der Waals surface area contributed by atoms with Gasteiger partial charge in [0.2, 0.25) is 11.8 Å². The predicted molar refractivity (Wildman–Crippen MR) is 135 cm³/mol. The van der Waals surface area contributed by atoms with Gasteiger partial charge in [-0.3, -0.25) is 23.7 Å². The fourth-order valence-electron chi connectivity index (χ4n) is 4.01. The summed E-state index contributed by atoms with van der Waals surface area (Å²) in [6.45, 7) is 5.22. The molecule has 3 aromatic rings. The minimum Gasteiger partial charge on any atom is -0.356 e. The molecule has 10 nitrogen and oxygen atoms in total. The van der Waals surface area contributed by atoms with Crippen molar-refractivity contribution in [2.75, 3.05) is 29.9 Å². The van der Waals surface area contributed by atoms with Crippen LogP contribution >= 0.6 is 11.3 Å². The Morgan fingerprint density at radius 1 is 1.26 bits per heavy atom. The van der Waals surface area contributed by atoms with Crippen molar-refractivity contribution in [2.24, 2.45) is 5.92 Å². The summed E-state index contributed by atoms with van der Waals surface area (Å²) in [6.07, 6.45) is 3.90. The molecule has 35 heavy (non-hydrogen) atoms. The number of rotatable bonds is 8. The van der Waals surface area contributed by atoms with E-state index >= 15 is 0 Å². The first-order chi connectivity index (χ1) is 16.9. The number of fused-ring (bicyclic) bond motifs is 1. The number of thiazole rings is 1. The van der Waals surface area contributed by atoms with Gasteiger partial charge in [0.15, 0.2) is 16.6 Å². The normalized spacial score (nSPS) is 15.7. The highest BCUT2D eigenvalue weighted by Gasteiger charge is 2.27. The molecule has 0 saturated carbocycles. The van der Waals surface area contributed by atoms with E-state index in [2.05, 4.69) is 20.6 Å². The van der Waals surface area contributed by atoms with Gasteiger partial charge < -0.3 is 15.5 Å². The minimum absolute atomic E-state index is 0.0537. The smallest absolute Gasteiger partial charge is 0.273 e. The molecule has 2 aromatic heterocycles. The van der Waals surface area contributed by atoms with Crippen molar-refractivity contribution >= 4 is 50.1 Å². The summed E-state index contributed by atoms with van der Waals surface area (Å²) >= 11 is 1.23. The molecule has 4 rings (SSSR count). The maximum atomic E-state index is 13.0. The molecule has 3 heterocycles. The van der Waals surface area contributed by atoms with Crippen LogP contribution in [0.25, 0.3) is 10.3 Å². The van der Waals surface area contributed by atoms with E-state index in [1.165, 1.54) is 29.2 Å². The summed E-state index contributed by atoms with van der Waals surface area (Å²) in [5.41, 5.74) is 0.953. The second-order valence-corrected chi connectivity index (χ2v) is 9.57. The van der Waals surface area contributed by atoms with E-state index in [1.54, 1.807) is 24.3 Å². The maximum absolute atomic E-state index is 13.0. The first-order valence-electron chi connectivity index (χ1n) is 11.6. The van der Waals surface area contributed by atoms with Crippen molar-refractivity contribution in [3.63, 3.8) is 0 Å². The van der Waals surface area contributed by atoms with Crippen molar-refractivity contribution in [1.29, 1.82) is 0 Å². The molecule has 11 heteroatoms. The summed E-state index contributed by atoms with van der Waals surface area (Å²) in [5, 5.41) is 6.32. The molecule has 0 bridgehead atoms. The molecule has 1 aliphatic heterocycles. The number of carbonyl (C=O) groups is 3. The lowest BCUT2D eigenvalue weighted by molar-refractivity contribution is -0.125. The highest BCUT2D eigenvalue weighted by atomic mass is 32.1. The topological polar surface area (TPSA) is 126 Å². The molecule has 0 aliphatic carbocycles. The molecule has 2 N–H and O–H groups in total. The second kappa shape index (κ2) is 10.8. The van der Waals surface area contributed by atoms with Crippen molar-refractivity contribution in [2.45, 2.75) is 39.7 Å². The van der Waals surface area contributed by atoms with Crippen LogP contribution < -0.4 is 21.1 Å². The lowest BCUT2D eigenvalue weighted by Gasteiger charge is -2.31. The van der Waals surface area contributed by atoms with Gasteiger partial charge in [-0.2, -0.15) is 4.98 Å². The van der Waals surface area contributed by atoms with Gasteiger partial charge in [0, 0.05) is 30.9 Å². The number of nitrogens with zero attached hydrogens (tertiary/aromatic N) is 4. The van der Waals surface area contributed by atoms with Crippen LogP contribution in [0.3, 0.4) is 0 Å². The Morgan fingerprint density at radius 3 is 2.86 bits per heavy atom. The van der Waals surface area contributed by atoms with Gasteiger partial charge in [0.25, 0.3) is 5.56 Å². The average Bonchev–Trinajstić information content (AvgIpc) is 3.30. The molecule has 0 radical (unpaired) electrons. The largest absolute Gasteiger partial charge is 0.356 e. The number of ketones is 1. The average molecular weight is 497 g/mol. The lowest BCUT2D eigenvalue weighted by Crippen LogP contribution is -2.43. The third-order valence-electron chi connectivity index (χ3n) is 5.85. The van der Waals surface area contributed by atoms with E-state index in [0.717, 1.165) is 25.8 Å². The Balaban J connectivity index is 1.47. The standard InChI is InChI=1S/C24H28N6O4S/c1-3-9-25-22(33)17-7-5-10-29(12-17)24-28-21-20(35-24)23(34)30(14-26-21)13-19(32)27-18-8-4-6-16(11-18)15(2)31/h4,6,8,11,14,17H,3,5,7,9-10,12-13H2,1-2H3,(H,25,33)(H,27,32)/t17-/m1/s1. The van der Waals surface area contributed by atoms with E-state index in [0.29, 0.717) is 39.8 Å². The molecule has 1 fully saturated rings. The van der Waals surface area contributed by atoms with E-state index in [4.69, 9.17) is 0 Å². The zero-order chi connectivity index (χ0) is 24.9. The fraction of sp³-hybridized carbons (Fsp3) is 0.417. The molecule has 1 saturated heterocycles. The number of hydrogen-bond donors (Lipinski definition) is 2. The fourth-order valence-corrected chi connectivity index (χ4v) is 5.02. The van der Waals surface area contributed by atoms with Crippen molar-refractivity contribution in [3.05, 3.63) is 46.5 Å². The van der Waals surface area contributed by atoms with Gasteiger partial charge in [-0.25, -0.2) is 4.98 Å². The van der Waals surface area contributed by atoms with Crippen LogP contribution in [-0.2, 0) is 16.1 Å². The van der Waals surface area contributed by atoms with Gasteiger partial charge in [0.05, 0.1) is 5.92 Å². The zero-order valence-electron chi connectivity index (χ0n) is 19.7. The third kappa shape index (κ3) is 5.73. The van der Waals surface area contributed by atoms with Crippen molar-refractivity contribution < 1.29 is 14.4 Å². The highest BCUT2D eigenvalue weighted by Crippen LogP contribution is 2.29. The molecule has 0 spiro atoms. The Kier molecular flexibility index (Phi) is 7.54. The summed E-state index contributed by atoms with van der Waals surface area (Å²) in [5.74, 6) is -0.569. The number of piperidine rings is 1. The number of hydrogen-bond acceptors (Lipinski definition) is 8. The van der Waals surface area contributed by atoms with Gasteiger partial charge in [-0.05, 0) is 38.3 Å². The Hall–Kier alpha value is -3.60. The van der Waals surface area contributed by atoms with Crippen LogP contribution in [0, 0.1) is 5.92 Å².